The van der Waals surface area contributed by atoms with Gasteiger partial charge in [-0.1, -0.05) is 12.1 Å². The Morgan fingerprint density at radius 3 is 2.82 bits per heavy atom. The summed E-state index contributed by atoms with van der Waals surface area (Å²) in [7, 11) is 0. The van der Waals surface area contributed by atoms with Gasteiger partial charge in [-0.2, -0.15) is 5.26 Å². The molecular formula is C12H9N3O2. The maximum Gasteiger partial charge on any atom is 0.322 e. The van der Waals surface area contributed by atoms with Gasteiger partial charge in [0.15, 0.2) is 0 Å². The highest BCUT2D eigenvalue weighted by molar-refractivity contribution is 6.08. The summed E-state index contributed by atoms with van der Waals surface area (Å²) in [5.41, 5.74) is 1.04. The van der Waals surface area contributed by atoms with Gasteiger partial charge in [0, 0.05) is 5.56 Å². The molecule has 1 aromatic carbocycles. The van der Waals surface area contributed by atoms with Crippen LogP contribution in [0.15, 0.2) is 18.2 Å². The maximum atomic E-state index is 11.9. The molecule has 1 saturated heterocycles. The molecule has 3 rings (SSSR count). The monoisotopic (exact) mass is 227 g/mol. The van der Waals surface area contributed by atoms with Crippen LogP contribution in [0.1, 0.15) is 23.1 Å². The van der Waals surface area contributed by atoms with Gasteiger partial charge < -0.3 is 5.32 Å². The highest BCUT2D eigenvalue weighted by Gasteiger charge is 2.52. The molecule has 0 saturated carbocycles. The fourth-order valence-electron chi connectivity index (χ4n) is 2.70. The van der Waals surface area contributed by atoms with Crippen molar-refractivity contribution in [3.05, 3.63) is 34.9 Å². The van der Waals surface area contributed by atoms with Crippen molar-refractivity contribution in [1.82, 2.24) is 10.6 Å². The lowest BCUT2D eigenvalue weighted by Gasteiger charge is -2.21. The first-order valence-corrected chi connectivity index (χ1v) is 5.33. The zero-order valence-corrected chi connectivity index (χ0v) is 8.91. The zero-order valence-electron chi connectivity index (χ0n) is 8.91. The highest BCUT2D eigenvalue weighted by atomic mass is 16.2. The fourth-order valence-corrected chi connectivity index (χ4v) is 2.70. The third-order valence-corrected chi connectivity index (χ3v) is 3.41. The number of benzene rings is 1. The topological polar surface area (TPSA) is 82.0 Å². The summed E-state index contributed by atoms with van der Waals surface area (Å²) >= 11 is 0. The van der Waals surface area contributed by atoms with Crippen LogP contribution in [-0.2, 0) is 16.8 Å². The number of urea groups is 1. The van der Waals surface area contributed by atoms with Crippen molar-refractivity contribution >= 4 is 11.9 Å². The van der Waals surface area contributed by atoms with Gasteiger partial charge in [0.1, 0.15) is 5.54 Å². The van der Waals surface area contributed by atoms with E-state index < -0.39 is 11.6 Å². The van der Waals surface area contributed by atoms with Crippen LogP contribution in [0.4, 0.5) is 4.79 Å². The molecule has 0 bridgehead atoms. The molecule has 1 spiro atoms. The Labute approximate surface area is 97.4 Å². The van der Waals surface area contributed by atoms with Crippen LogP contribution in [0.5, 0.6) is 0 Å². The molecular weight excluding hydrogens is 218 g/mol. The summed E-state index contributed by atoms with van der Waals surface area (Å²) in [4.78, 5) is 23.2. The molecule has 2 aliphatic rings. The predicted octanol–water partition coefficient (Wildman–Crippen LogP) is 0.539. The minimum absolute atomic E-state index is 0.357. The fraction of sp³-hybridized carbons (Fsp3) is 0.250. The zero-order chi connectivity index (χ0) is 12.0. The van der Waals surface area contributed by atoms with E-state index >= 15 is 0 Å². The summed E-state index contributed by atoms with van der Waals surface area (Å²) in [6.07, 6.45) is 1.21. The molecule has 1 fully saturated rings. The van der Waals surface area contributed by atoms with Crippen molar-refractivity contribution in [3.8, 4) is 6.07 Å². The normalized spacial score (nSPS) is 25.4. The lowest BCUT2D eigenvalue weighted by atomic mass is 9.88. The first kappa shape index (κ1) is 9.85. The van der Waals surface area contributed by atoms with E-state index in [1.165, 1.54) is 0 Å². The van der Waals surface area contributed by atoms with E-state index in [2.05, 4.69) is 16.7 Å². The van der Waals surface area contributed by atoms with E-state index in [0.717, 1.165) is 5.56 Å². The molecule has 1 aliphatic carbocycles. The molecule has 17 heavy (non-hydrogen) atoms. The van der Waals surface area contributed by atoms with Gasteiger partial charge in [-0.25, -0.2) is 4.79 Å². The van der Waals surface area contributed by atoms with E-state index in [0.29, 0.717) is 24.0 Å². The number of fused-ring (bicyclic) bond motifs is 2. The van der Waals surface area contributed by atoms with Crippen molar-refractivity contribution in [3.63, 3.8) is 0 Å². The SMILES string of the molecule is N#Cc1cccc2c1[C@]1(CC2)NC(=O)NC1=O. The second-order valence-corrected chi connectivity index (χ2v) is 4.27. The molecule has 2 N–H and O–H groups in total. The van der Waals surface area contributed by atoms with Gasteiger partial charge in [0.05, 0.1) is 11.6 Å². The Morgan fingerprint density at radius 2 is 2.18 bits per heavy atom. The van der Waals surface area contributed by atoms with Crippen LogP contribution < -0.4 is 10.6 Å². The van der Waals surface area contributed by atoms with Crippen LogP contribution >= 0.6 is 0 Å². The number of nitrogens with zero attached hydrogens (tertiary/aromatic N) is 1. The molecule has 5 heteroatoms. The number of carbonyl (C=O) groups excluding carboxylic acids is 2. The Morgan fingerprint density at radius 1 is 1.35 bits per heavy atom. The summed E-state index contributed by atoms with van der Waals surface area (Å²) in [6.45, 7) is 0. The largest absolute Gasteiger partial charge is 0.322 e. The average molecular weight is 227 g/mol. The van der Waals surface area contributed by atoms with Crippen molar-refractivity contribution in [2.45, 2.75) is 18.4 Å². The number of nitriles is 1. The second kappa shape index (κ2) is 3.08. The van der Waals surface area contributed by atoms with Gasteiger partial charge in [-0.05, 0) is 24.5 Å². The number of imide groups is 1. The third-order valence-electron chi connectivity index (χ3n) is 3.41. The third kappa shape index (κ3) is 1.12. The molecule has 1 heterocycles. The molecule has 0 aromatic heterocycles. The standard InChI is InChI=1S/C12H9N3O2/c13-6-8-3-1-2-7-4-5-12(9(7)8)10(16)14-11(17)15-12/h1-3H,4-5H2,(H2,14,15,16,17)/t12-/m0/s1. The molecule has 0 unspecified atom stereocenters. The number of carbonyl (C=O) groups is 2. The lowest BCUT2D eigenvalue weighted by molar-refractivity contribution is -0.124. The molecule has 1 aliphatic heterocycles. The number of amides is 3. The van der Waals surface area contributed by atoms with Gasteiger partial charge in [0.2, 0.25) is 0 Å². The van der Waals surface area contributed by atoms with Crippen LogP contribution in [0.2, 0.25) is 0 Å². The molecule has 3 amide bonds. The van der Waals surface area contributed by atoms with E-state index in [4.69, 9.17) is 5.26 Å². The van der Waals surface area contributed by atoms with Gasteiger partial charge in [-0.3, -0.25) is 10.1 Å². The number of hydrogen-bond acceptors (Lipinski definition) is 3. The first-order chi connectivity index (χ1) is 8.17. The van der Waals surface area contributed by atoms with E-state index in [-0.39, 0.29) is 5.91 Å². The van der Waals surface area contributed by atoms with Crippen LogP contribution in [0.25, 0.3) is 0 Å². The minimum atomic E-state index is -1.03. The Kier molecular flexibility index (Phi) is 1.78. The number of nitrogens with one attached hydrogen (secondary N) is 2. The number of aryl methyl sites for hydroxylation is 1. The average Bonchev–Trinajstić information content (AvgIpc) is 2.82. The highest BCUT2D eigenvalue weighted by Crippen LogP contribution is 2.40. The van der Waals surface area contributed by atoms with Crippen molar-refractivity contribution in [2.75, 3.05) is 0 Å². The van der Waals surface area contributed by atoms with E-state index in [1.54, 1.807) is 12.1 Å². The molecule has 1 atom stereocenters. The van der Waals surface area contributed by atoms with Gasteiger partial charge in [0.25, 0.3) is 5.91 Å². The Bertz CT molecular complexity index is 588. The second-order valence-electron chi connectivity index (χ2n) is 4.27. The number of rotatable bonds is 0. The van der Waals surface area contributed by atoms with Crippen molar-refractivity contribution < 1.29 is 9.59 Å². The minimum Gasteiger partial charge on any atom is -0.319 e. The number of hydrogen-bond donors (Lipinski definition) is 2. The predicted molar refractivity (Wildman–Crippen MR) is 57.8 cm³/mol. The van der Waals surface area contributed by atoms with Crippen molar-refractivity contribution in [2.24, 2.45) is 0 Å². The van der Waals surface area contributed by atoms with Crippen LogP contribution in [0, 0.1) is 11.3 Å². The van der Waals surface area contributed by atoms with Gasteiger partial charge >= 0.3 is 6.03 Å². The van der Waals surface area contributed by atoms with Gasteiger partial charge in [-0.15, -0.1) is 0 Å². The maximum absolute atomic E-state index is 11.9. The quantitative estimate of drug-likeness (QED) is 0.634. The smallest absolute Gasteiger partial charge is 0.319 e. The molecule has 1 aromatic rings. The summed E-state index contributed by atoms with van der Waals surface area (Å²) in [6, 6.07) is 6.95. The van der Waals surface area contributed by atoms with E-state index in [1.807, 2.05) is 6.07 Å². The Hall–Kier alpha value is -2.35. The summed E-state index contributed by atoms with van der Waals surface area (Å²) in [5, 5.41) is 14.0. The van der Waals surface area contributed by atoms with Crippen LogP contribution in [-0.4, -0.2) is 11.9 Å². The van der Waals surface area contributed by atoms with Crippen LogP contribution in [0.3, 0.4) is 0 Å². The van der Waals surface area contributed by atoms with E-state index in [9.17, 15) is 9.59 Å². The molecule has 5 nitrogen and oxygen atoms in total. The Balaban J connectivity index is 2.25. The van der Waals surface area contributed by atoms with Crippen molar-refractivity contribution in [1.29, 1.82) is 5.26 Å². The molecule has 84 valence electrons. The molecule has 0 radical (unpaired) electrons. The first-order valence-electron chi connectivity index (χ1n) is 5.33. The summed E-state index contributed by atoms with van der Waals surface area (Å²) < 4.78 is 0. The lowest BCUT2D eigenvalue weighted by Crippen LogP contribution is -2.42. The summed E-state index contributed by atoms with van der Waals surface area (Å²) in [5.74, 6) is -0.357.